The zero-order chi connectivity index (χ0) is 31.4. The molecule has 5 rings (SSSR count). The van der Waals surface area contributed by atoms with E-state index in [1.807, 2.05) is 13.0 Å². The summed E-state index contributed by atoms with van der Waals surface area (Å²) in [7, 11) is 0. The first-order valence-corrected chi connectivity index (χ1v) is 15.1. The number of aliphatic hydroxyl groups is 1. The summed E-state index contributed by atoms with van der Waals surface area (Å²) in [6, 6.07) is 6.58. The Bertz CT molecular complexity index is 1430. The van der Waals surface area contributed by atoms with Gasteiger partial charge in [0.25, 0.3) is 0 Å². The van der Waals surface area contributed by atoms with E-state index in [2.05, 4.69) is 10.6 Å². The quantitative estimate of drug-likeness (QED) is 0.271. The Hall–Kier alpha value is -3.61. The van der Waals surface area contributed by atoms with E-state index in [1.165, 1.54) is 0 Å². The Morgan fingerprint density at radius 2 is 1.98 bits per heavy atom. The lowest BCUT2D eigenvalue weighted by Crippen LogP contribution is -2.51. The molecule has 12 heteroatoms. The summed E-state index contributed by atoms with van der Waals surface area (Å²) in [4.78, 5) is 20.4. The molecule has 0 spiro atoms. The maximum absolute atomic E-state index is 15.1. The fourth-order valence-electron chi connectivity index (χ4n) is 6.18. The van der Waals surface area contributed by atoms with E-state index in [1.54, 1.807) is 34.7 Å². The van der Waals surface area contributed by atoms with Crippen molar-refractivity contribution < 1.29 is 32.9 Å². The number of phenols is 1. The molecule has 3 aromatic rings. The van der Waals surface area contributed by atoms with E-state index in [-0.39, 0.29) is 49.2 Å². The lowest BCUT2D eigenvalue weighted by atomic mass is 9.89. The number of urea groups is 1. The van der Waals surface area contributed by atoms with Gasteiger partial charge in [0.1, 0.15) is 29.4 Å². The minimum Gasteiger partial charge on any atom is -0.508 e. The second-order valence-electron chi connectivity index (χ2n) is 11.9. The van der Waals surface area contributed by atoms with E-state index < -0.39 is 41.8 Å². The van der Waals surface area contributed by atoms with Gasteiger partial charge in [0.15, 0.2) is 0 Å². The molecule has 4 atom stereocenters. The smallest absolute Gasteiger partial charge is 0.318 e. The molecule has 0 radical (unpaired) electrons. The van der Waals surface area contributed by atoms with Crippen LogP contribution in [0.3, 0.4) is 0 Å². The molecule has 2 fully saturated rings. The number of nitrogens with one attached hydrogen (secondary N) is 2. The Morgan fingerprint density at radius 1 is 1.20 bits per heavy atom. The summed E-state index contributed by atoms with van der Waals surface area (Å²) in [5.41, 5.74) is 1.73. The highest BCUT2D eigenvalue weighted by Gasteiger charge is 2.40. The predicted octanol–water partition coefficient (Wildman–Crippen LogP) is 4.31. The second kappa shape index (κ2) is 14.0. The van der Waals surface area contributed by atoms with Crippen molar-refractivity contribution in [3.8, 4) is 17.0 Å². The highest BCUT2D eigenvalue weighted by Crippen LogP contribution is 2.38. The number of aryl methyl sites for hydroxylation is 1. The molecule has 1 aromatic heterocycles. The number of aromatic hydroxyl groups is 1. The summed E-state index contributed by atoms with van der Waals surface area (Å²) in [6.45, 7) is 5.01. The highest BCUT2D eigenvalue weighted by atomic mass is 19.1. The molecular formula is C32H40F3N5O4. The largest absolute Gasteiger partial charge is 0.508 e. The Balaban J connectivity index is 1.67. The van der Waals surface area contributed by atoms with Gasteiger partial charge in [0.2, 0.25) is 0 Å². The average Bonchev–Trinajstić information content (AvgIpc) is 3.59. The number of carbonyl (C=O) groups excluding carboxylic acids is 1. The third kappa shape index (κ3) is 7.36. The number of aliphatic hydroxyl groups excluding tert-OH is 1. The molecule has 0 aliphatic carbocycles. The van der Waals surface area contributed by atoms with Gasteiger partial charge in [-0.3, -0.25) is 0 Å². The molecule has 2 aliphatic rings. The first-order valence-electron chi connectivity index (χ1n) is 15.1. The summed E-state index contributed by atoms with van der Waals surface area (Å²) in [6.07, 6.45) is 1.64. The van der Waals surface area contributed by atoms with Crippen LogP contribution in [0.5, 0.6) is 5.75 Å². The molecule has 2 amide bonds. The number of halogens is 3. The van der Waals surface area contributed by atoms with Crippen LogP contribution in [0.1, 0.15) is 42.8 Å². The zero-order valence-corrected chi connectivity index (χ0v) is 25.0. The number of hydrogen-bond donors (Lipinski definition) is 4. The van der Waals surface area contributed by atoms with Crippen molar-refractivity contribution in [1.82, 2.24) is 25.1 Å². The van der Waals surface area contributed by atoms with Gasteiger partial charge < -0.3 is 35.1 Å². The van der Waals surface area contributed by atoms with Gasteiger partial charge in [-0.15, -0.1) is 0 Å². The van der Waals surface area contributed by atoms with Crippen molar-refractivity contribution in [3.05, 3.63) is 71.2 Å². The van der Waals surface area contributed by atoms with Gasteiger partial charge >= 0.3 is 6.03 Å². The standard InChI is InChI=1S/C32H40F3N5O4/c1-19-9-21(11-25(42)10-19)15-39-17-29(26-12-24(33)3-4-27(26)34)38-31(39)30(22-5-7-44-8-6-22)40(32(43)37-20(2)18-41)16-23-13-36-14-28(23)35/h3-4,9-12,17,20,22-23,28,30,36,41-42H,5-8,13-16,18H2,1-2H3,(H,37,43). The van der Waals surface area contributed by atoms with Crippen LogP contribution in [-0.4, -0.2) is 82.4 Å². The van der Waals surface area contributed by atoms with Crippen molar-refractivity contribution in [2.75, 3.05) is 39.5 Å². The number of rotatable bonds is 10. The van der Waals surface area contributed by atoms with Crippen molar-refractivity contribution in [2.24, 2.45) is 11.8 Å². The average molecular weight is 616 g/mol. The van der Waals surface area contributed by atoms with Gasteiger partial charge in [-0.2, -0.15) is 0 Å². The lowest BCUT2D eigenvalue weighted by Gasteiger charge is -2.40. The minimum absolute atomic E-state index is 0.0310. The number of benzene rings is 2. The van der Waals surface area contributed by atoms with E-state index in [9.17, 15) is 23.8 Å². The van der Waals surface area contributed by atoms with E-state index in [4.69, 9.17) is 9.72 Å². The third-order valence-corrected chi connectivity index (χ3v) is 8.39. The Kier molecular flexibility index (Phi) is 10.1. The number of ether oxygens (including phenoxy) is 1. The van der Waals surface area contributed by atoms with Gasteiger partial charge in [-0.1, -0.05) is 6.07 Å². The van der Waals surface area contributed by atoms with Crippen molar-refractivity contribution >= 4 is 6.03 Å². The summed E-state index contributed by atoms with van der Waals surface area (Å²) in [5, 5.41) is 25.9. The summed E-state index contributed by atoms with van der Waals surface area (Å²) >= 11 is 0. The Labute approximate surface area is 255 Å². The molecule has 4 unspecified atom stereocenters. The van der Waals surface area contributed by atoms with Crippen LogP contribution in [0.15, 0.2) is 42.6 Å². The highest BCUT2D eigenvalue weighted by molar-refractivity contribution is 5.75. The number of amides is 2. The van der Waals surface area contributed by atoms with Crippen LogP contribution in [-0.2, 0) is 11.3 Å². The van der Waals surface area contributed by atoms with Crippen molar-refractivity contribution in [3.63, 3.8) is 0 Å². The number of phenolic OH excluding ortho intramolecular Hbond substituents is 1. The SMILES string of the molecule is Cc1cc(O)cc(Cn2cc(-c3cc(F)ccc3F)nc2C(C2CCOCC2)N(CC2CNCC2F)C(=O)NC(C)CO)c1. The number of carbonyl (C=O) groups is 1. The second-order valence-corrected chi connectivity index (χ2v) is 11.9. The molecule has 3 heterocycles. The molecule has 0 bridgehead atoms. The maximum atomic E-state index is 15.1. The third-order valence-electron chi connectivity index (χ3n) is 8.39. The van der Waals surface area contributed by atoms with Crippen molar-refractivity contribution in [2.45, 2.75) is 51.5 Å². The number of nitrogens with zero attached hydrogens (tertiary/aromatic N) is 3. The molecular weight excluding hydrogens is 575 g/mol. The molecule has 4 N–H and O–H groups in total. The Morgan fingerprint density at radius 3 is 2.66 bits per heavy atom. The molecule has 2 aliphatic heterocycles. The van der Waals surface area contributed by atoms with E-state index >= 15 is 4.39 Å². The summed E-state index contributed by atoms with van der Waals surface area (Å²) < 4.78 is 51.8. The minimum atomic E-state index is -1.16. The van der Waals surface area contributed by atoms with Gasteiger partial charge in [-0.05, 0) is 74.1 Å². The maximum Gasteiger partial charge on any atom is 0.318 e. The van der Waals surface area contributed by atoms with E-state index in [0.29, 0.717) is 38.4 Å². The van der Waals surface area contributed by atoms with Crippen molar-refractivity contribution in [1.29, 1.82) is 0 Å². The molecule has 2 saturated heterocycles. The molecule has 2 aromatic carbocycles. The fourth-order valence-corrected chi connectivity index (χ4v) is 6.18. The number of hydrogen-bond acceptors (Lipinski definition) is 6. The zero-order valence-electron chi connectivity index (χ0n) is 25.0. The fraction of sp³-hybridized carbons (Fsp3) is 0.500. The van der Waals surface area contributed by atoms with Gasteiger partial charge in [-0.25, -0.2) is 22.9 Å². The van der Waals surface area contributed by atoms with Crippen LogP contribution < -0.4 is 10.6 Å². The predicted molar refractivity (Wildman–Crippen MR) is 159 cm³/mol. The monoisotopic (exact) mass is 615 g/mol. The van der Waals surface area contributed by atoms with Crippen LogP contribution in [0, 0.1) is 30.4 Å². The molecule has 0 saturated carbocycles. The molecule has 44 heavy (non-hydrogen) atoms. The van der Waals surface area contributed by atoms with Crippen LogP contribution in [0.4, 0.5) is 18.0 Å². The number of alkyl halides is 1. The van der Waals surface area contributed by atoms with E-state index in [0.717, 1.165) is 29.3 Å². The number of imidazole rings is 1. The first kappa shape index (κ1) is 31.8. The molecule has 9 nitrogen and oxygen atoms in total. The van der Waals surface area contributed by atoms with Gasteiger partial charge in [0.05, 0.1) is 24.4 Å². The van der Waals surface area contributed by atoms with Crippen LogP contribution in [0.25, 0.3) is 11.3 Å². The van der Waals surface area contributed by atoms with Gasteiger partial charge in [0, 0.05) is 57.1 Å². The topological polar surface area (TPSA) is 112 Å². The lowest BCUT2D eigenvalue weighted by molar-refractivity contribution is 0.0253. The molecule has 238 valence electrons. The van der Waals surface area contributed by atoms with Crippen LogP contribution >= 0.6 is 0 Å². The normalized spacial score (nSPS) is 20.4. The summed E-state index contributed by atoms with van der Waals surface area (Å²) in [5.74, 6) is -1.40. The number of aromatic nitrogens is 2. The van der Waals surface area contributed by atoms with Crippen LogP contribution in [0.2, 0.25) is 0 Å². The first-order chi connectivity index (χ1) is 21.1.